The summed E-state index contributed by atoms with van der Waals surface area (Å²) in [4.78, 5) is 2.29. The number of nitrogens with zero attached hydrogens (tertiary/aromatic N) is 2. The Labute approximate surface area is 127 Å². The molecule has 0 atom stereocenters. The zero-order chi connectivity index (χ0) is 16.2. The van der Waals surface area contributed by atoms with Gasteiger partial charge in [0, 0.05) is 33.8 Å². The van der Waals surface area contributed by atoms with Gasteiger partial charge >= 0.3 is 0 Å². The van der Waals surface area contributed by atoms with Crippen LogP contribution in [0.1, 0.15) is 13.8 Å². The fourth-order valence-corrected chi connectivity index (χ4v) is 2.95. The first kappa shape index (κ1) is 17.7. The number of nitrogen functional groups attached to an aromatic ring is 1. The molecule has 0 aromatic heterocycles. The largest absolute Gasteiger partial charge is 0.397 e. The van der Waals surface area contributed by atoms with Crippen molar-refractivity contribution in [2.45, 2.75) is 24.8 Å². The average molecular weight is 315 g/mol. The van der Waals surface area contributed by atoms with E-state index in [1.807, 2.05) is 0 Å². The molecule has 21 heavy (non-hydrogen) atoms. The second-order valence-corrected chi connectivity index (χ2v) is 7.44. The zero-order valence-electron chi connectivity index (χ0n) is 13.3. The first-order chi connectivity index (χ1) is 9.71. The number of anilines is 2. The topological polar surface area (TPSA) is 75.9 Å². The number of ether oxygens (including phenoxy) is 1. The van der Waals surface area contributed by atoms with Gasteiger partial charge in [0.25, 0.3) is 0 Å². The first-order valence-electron chi connectivity index (χ1n) is 6.79. The highest BCUT2D eigenvalue weighted by Crippen LogP contribution is 2.28. The average Bonchev–Trinajstić information content (AvgIpc) is 2.39. The molecule has 120 valence electrons. The maximum Gasteiger partial charge on any atom is 0.242 e. The van der Waals surface area contributed by atoms with Crippen LogP contribution in [0.2, 0.25) is 0 Å². The summed E-state index contributed by atoms with van der Waals surface area (Å²) < 4.78 is 30.5. The first-order valence-corrected chi connectivity index (χ1v) is 8.23. The van der Waals surface area contributed by atoms with Gasteiger partial charge < -0.3 is 15.4 Å². The molecule has 6 nitrogen and oxygen atoms in total. The standard InChI is InChI=1S/C14H25N3O3S/c1-11(2)17(8-9-20-5)14-7-6-12(10-13(14)15)21(18,19)16(3)4/h6-7,10-11H,8-9,15H2,1-5H3. The minimum Gasteiger partial charge on any atom is -0.397 e. The summed E-state index contributed by atoms with van der Waals surface area (Å²) in [7, 11) is 1.18. The molecular weight excluding hydrogens is 290 g/mol. The fraction of sp³-hybridized carbons (Fsp3) is 0.571. The smallest absolute Gasteiger partial charge is 0.242 e. The van der Waals surface area contributed by atoms with E-state index < -0.39 is 10.0 Å². The Morgan fingerprint density at radius 3 is 2.33 bits per heavy atom. The van der Waals surface area contributed by atoms with Gasteiger partial charge in [-0.2, -0.15) is 0 Å². The molecule has 0 unspecified atom stereocenters. The number of hydrogen-bond acceptors (Lipinski definition) is 5. The summed E-state index contributed by atoms with van der Waals surface area (Å²) in [6.45, 7) is 5.38. The number of methoxy groups -OCH3 is 1. The molecule has 0 saturated carbocycles. The second-order valence-electron chi connectivity index (χ2n) is 5.29. The molecule has 2 N–H and O–H groups in total. The van der Waals surface area contributed by atoms with E-state index in [0.29, 0.717) is 18.8 Å². The molecule has 0 aliphatic carbocycles. The minimum atomic E-state index is -3.47. The molecule has 0 aliphatic rings. The Bertz CT molecular complexity index is 571. The lowest BCUT2D eigenvalue weighted by atomic mass is 10.2. The van der Waals surface area contributed by atoms with Crippen LogP contribution >= 0.6 is 0 Å². The highest BCUT2D eigenvalue weighted by Gasteiger charge is 2.20. The Morgan fingerprint density at radius 1 is 1.29 bits per heavy atom. The third-order valence-corrected chi connectivity index (χ3v) is 5.06. The Balaban J connectivity index is 3.17. The van der Waals surface area contributed by atoms with E-state index in [1.54, 1.807) is 19.2 Å². The minimum absolute atomic E-state index is 0.198. The molecule has 0 amide bonds. The van der Waals surface area contributed by atoms with Crippen molar-refractivity contribution in [3.05, 3.63) is 18.2 Å². The highest BCUT2D eigenvalue weighted by molar-refractivity contribution is 7.89. The van der Waals surface area contributed by atoms with Gasteiger partial charge in [-0.25, -0.2) is 12.7 Å². The summed E-state index contributed by atoms with van der Waals surface area (Å²) in [5.41, 5.74) is 7.33. The van der Waals surface area contributed by atoms with Gasteiger partial charge in [-0.1, -0.05) is 0 Å². The van der Waals surface area contributed by atoms with Crippen molar-refractivity contribution in [3.8, 4) is 0 Å². The van der Waals surface area contributed by atoms with E-state index >= 15 is 0 Å². The Hall–Kier alpha value is -1.31. The molecule has 0 aliphatic heterocycles. The number of hydrogen-bond donors (Lipinski definition) is 1. The van der Waals surface area contributed by atoms with E-state index in [1.165, 1.54) is 24.5 Å². The van der Waals surface area contributed by atoms with Gasteiger partial charge in [0.15, 0.2) is 0 Å². The van der Waals surface area contributed by atoms with Crippen molar-refractivity contribution in [2.24, 2.45) is 0 Å². The maximum absolute atomic E-state index is 12.1. The molecule has 0 heterocycles. The molecule has 0 spiro atoms. The lowest BCUT2D eigenvalue weighted by Gasteiger charge is -2.30. The molecule has 7 heteroatoms. The van der Waals surface area contributed by atoms with Crippen LogP contribution in [-0.4, -0.2) is 53.1 Å². The number of sulfonamides is 1. The van der Waals surface area contributed by atoms with E-state index in [0.717, 1.165) is 5.69 Å². The quantitative estimate of drug-likeness (QED) is 0.769. The third kappa shape index (κ3) is 4.09. The maximum atomic E-state index is 12.1. The number of benzene rings is 1. The van der Waals surface area contributed by atoms with E-state index in [4.69, 9.17) is 10.5 Å². The molecule has 0 radical (unpaired) electrons. The monoisotopic (exact) mass is 315 g/mol. The summed E-state index contributed by atoms with van der Waals surface area (Å²) in [6.07, 6.45) is 0. The van der Waals surface area contributed by atoms with Crippen LogP contribution in [0.3, 0.4) is 0 Å². The van der Waals surface area contributed by atoms with Crippen LogP contribution in [0.15, 0.2) is 23.1 Å². The fourth-order valence-electron chi connectivity index (χ4n) is 2.01. The van der Waals surface area contributed by atoms with Gasteiger partial charge in [-0.05, 0) is 32.0 Å². The molecule has 0 fully saturated rings. The van der Waals surface area contributed by atoms with Crippen molar-refractivity contribution in [2.75, 3.05) is 45.0 Å². The normalized spacial score (nSPS) is 12.1. The van der Waals surface area contributed by atoms with Gasteiger partial charge in [0.2, 0.25) is 10.0 Å². The molecule has 1 aromatic carbocycles. The van der Waals surface area contributed by atoms with E-state index in [-0.39, 0.29) is 10.9 Å². The molecule has 0 saturated heterocycles. The predicted molar refractivity (Wildman–Crippen MR) is 86.1 cm³/mol. The Kier molecular flexibility index (Phi) is 6.00. The molecule has 1 rings (SSSR count). The zero-order valence-corrected chi connectivity index (χ0v) is 14.1. The van der Waals surface area contributed by atoms with Crippen LogP contribution < -0.4 is 10.6 Å². The predicted octanol–water partition coefficient (Wildman–Crippen LogP) is 1.38. The molecule has 0 bridgehead atoms. The second kappa shape index (κ2) is 7.11. The van der Waals surface area contributed by atoms with E-state index in [2.05, 4.69) is 18.7 Å². The van der Waals surface area contributed by atoms with Crippen LogP contribution in [0, 0.1) is 0 Å². The summed E-state index contributed by atoms with van der Waals surface area (Å²) in [5, 5.41) is 0. The van der Waals surface area contributed by atoms with Gasteiger partial charge in [0.05, 0.1) is 22.9 Å². The lowest BCUT2D eigenvalue weighted by molar-refractivity contribution is 0.204. The van der Waals surface area contributed by atoms with Gasteiger partial charge in [-0.15, -0.1) is 0 Å². The van der Waals surface area contributed by atoms with E-state index in [9.17, 15) is 8.42 Å². The van der Waals surface area contributed by atoms with Crippen LogP contribution in [0.25, 0.3) is 0 Å². The summed E-state index contributed by atoms with van der Waals surface area (Å²) >= 11 is 0. The van der Waals surface area contributed by atoms with Crippen molar-refractivity contribution >= 4 is 21.4 Å². The molecule has 1 aromatic rings. The van der Waals surface area contributed by atoms with Crippen molar-refractivity contribution < 1.29 is 13.2 Å². The van der Waals surface area contributed by atoms with Crippen LogP contribution in [0.5, 0.6) is 0 Å². The third-order valence-electron chi connectivity index (χ3n) is 3.25. The van der Waals surface area contributed by atoms with Crippen molar-refractivity contribution in [1.82, 2.24) is 4.31 Å². The van der Waals surface area contributed by atoms with Crippen LogP contribution in [-0.2, 0) is 14.8 Å². The number of rotatable bonds is 7. The number of nitrogens with two attached hydrogens (primary N) is 1. The van der Waals surface area contributed by atoms with Crippen molar-refractivity contribution in [3.63, 3.8) is 0 Å². The summed E-state index contributed by atoms with van der Waals surface area (Å²) in [6, 6.07) is 5.08. The van der Waals surface area contributed by atoms with Gasteiger partial charge in [0.1, 0.15) is 0 Å². The summed E-state index contributed by atoms with van der Waals surface area (Å²) in [5.74, 6) is 0. The van der Waals surface area contributed by atoms with Gasteiger partial charge in [-0.3, -0.25) is 0 Å². The lowest BCUT2D eigenvalue weighted by Crippen LogP contribution is -2.34. The van der Waals surface area contributed by atoms with Crippen LogP contribution in [0.4, 0.5) is 11.4 Å². The van der Waals surface area contributed by atoms with Crippen molar-refractivity contribution in [1.29, 1.82) is 0 Å². The SMILES string of the molecule is COCCN(c1ccc(S(=O)(=O)N(C)C)cc1N)C(C)C. The highest BCUT2D eigenvalue weighted by atomic mass is 32.2. The Morgan fingerprint density at radius 2 is 1.90 bits per heavy atom. The molecular formula is C14H25N3O3S.